The molecule has 0 spiro atoms. The average molecular weight is 354 g/mol. The standard InChI is InChI=1S/C14H22N6O5/c1-7(15)12(22)19-8(2)13(23)17-5-11(21)20-10(14(24)25)3-9-4-16-6-18-9/h4,6-8,10H,3,5,15H2,1-2H3,(H,16,18)(H,17,23)(H,19,22)(H,20,21)(H,24,25). The SMILES string of the molecule is CC(N)C(=O)NC(C)C(=O)NCC(=O)NC(Cc1cnc[nH]1)C(=O)O. The third-order valence-corrected chi connectivity index (χ3v) is 3.20. The molecule has 7 N–H and O–H groups in total. The quantitative estimate of drug-likeness (QED) is 0.283. The predicted molar refractivity (Wildman–Crippen MR) is 86.1 cm³/mol. The van der Waals surface area contributed by atoms with Crippen LogP contribution in [-0.4, -0.2) is 63.4 Å². The number of nitrogens with zero attached hydrogens (tertiary/aromatic N) is 1. The van der Waals surface area contributed by atoms with Crippen molar-refractivity contribution in [3.8, 4) is 0 Å². The van der Waals surface area contributed by atoms with Crippen LogP contribution in [0.1, 0.15) is 19.5 Å². The number of carbonyl (C=O) groups excluding carboxylic acids is 3. The lowest BCUT2D eigenvalue weighted by Gasteiger charge is -2.17. The Morgan fingerprint density at radius 1 is 1.24 bits per heavy atom. The Labute approximate surface area is 143 Å². The molecular weight excluding hydrogens is 332 g/mol. The number of rotatable bonds is 9. The molecule has 1 aromatic rings. The number of H-pyrrole nitrogens is 1. The summed E-state index contributed by atoms with van der Waals surface area (Å²) in [6.45, 7) is 2.48. The average Bonchev–Trinajstić information content (AvgIpc) is 3.04. The van der Waals surface area contributed by atoms with Crippen LogP contribution in [0, 0.1) is 0 Å². The number of carboxylic acids is 1. The molecule has 138 valence electrons. The van der Waals surface area contributed by atoms with Gasteiger partial charge in [-0.2, -0.15) is 0 Å². The third-order valence-electron chi connectivity index (χ3n) is 3.20. The molecule has 11 heteroatoms. The lowest BCUT2D eigenvalue weighted by Crippen LogP contribution is -2.52. The van der Waals surface area contributed by atoms with Crippen molar-refractivity contribution in [3.05, 3.63) is 18.2 Å². The van der Waals surface area contributed by atoms with E-state index >= 15 is 0 Å². The highest BCUT2D eigenvalue weighted by Crippen LogP contribution is 1.98. The fourth-order valence-corrected chi connectivity index (χ4v) is 1.79. The lowest BCUT2D eigenvalue weighted by molar-refractivity contribution is -0.141. The molecule has 0 fully saturated rings. The maximum absolute atomic E-state index is 11.8. The van der Waals surface area contributed by atoms with E-state index in [2.05, 4.69) is 25.9 Å². The normalized spacial score (nSPS) is 14.0. The fourth-order valence-electron chi connectivity index (χ4n) is 1.79. The molecule has 0 aliphatic carbocycles. The van der Waals surface area contributed by atoms with Gasteiger partial charge in [-0.05, 0) is 13.8 Å². The molecule has 3 atom stereocenters. The topological polar surface area (TPSA) is 179 Å². The van der Waals surface area contributed by atoms with E-state index in [9.17, 15) is 19.2 Å². The summed E-state index contributed by atoms with van der Waals surface area (Å²) in [5.41, 5.74) is 5.92. The molecule has 1 rings (SSSR count). The van der Waals surface area contributed by atoms with E-state index in [1.807, 2.05) is 0 Å². The van der Waals surface area contributed by atoms with Gasteiger partial charge in [0, 0.05) is 18.3 Å². The van der Waals surface area contributed by atoms with E-state index in [1.54, 1.807) is 0 Å². The van der Waals surface area contributed by atoms with Crippen LogP contribution in [0.3, 0.4) is 0 Å². The first-order valence-corrected chi connectivity index (χ1v) is 7.53. The number of aromatic amines is 1. The molecular formula is C14H22N6O5. The molecule has 25 heavy (non-hydrogen) atoms. The molecule has 0 saturated carbocycles. The zero-order valence-electron chi connectivity index (χ0n) is 13.9. The number of nitrogens with one attached hydrogen (secondary N) is 4. The third kappa shape index (κ3) is 6.99. The Morgan fingerprint density at radius 2 is 1.92 bits per heavy atom. The van der Waals surface area contributed by atoms with Crippen LogP contribution in [0.4, 0.5) is 0 Å². The van der Waals surface area contributed by atoms with Gasteiger partial charge in [0.1, 0.15) is 12.1 Å². The molecule has 3 amide bonds. The van der Waals surface area contributed by atoms with Crippen LogP contribution in [0.5, 0.6) is 0 Å². The molecule has 3 unspecified atom stereocenters. The summed E-state index contributed by atoms with van der Waals surface area (Å²) >= 11 is 0. The molecule has 1 aromatic heterocycles. The Balaban J connectivity index is 2.45. The Hall–Kier alpha value is -2.95. The van der Waals surface area contributed by atoms with Gasteiger partial charge in [-0.3, -0.25) is 14.4 Å². The van der Waals surface area contributed by atoms with Gasteiger partial charge in [-0.1, -0.05) is 0 Å². The van der Waals surface area contributed by atoms with Crippen LogP contribution in [0.25, 0.3) is 0 Å². The molecule has 0 aliphatic rings. The van der Waals surface area contributed by atoms with Crippen LogP contribution in [-0.2, 0) is 25.6 Å². The first kappa shape index (κ1) is 20.1. The summed E-state index contributed by atoms with van der Waals surface area (Å²) in [7, 11) is 0. The second kappa shape index (κ2) is 9.37. The first-order chi connectivity index (χ1) is 11.7. The van der Waals surface area contributed by atoms with E-state index < -0.39 is 48.4 Å². The lowest BCUT2D eigenvalue weighted by atomic mass is 10.1. The van der Waals surface area contributed by atoms with Gasteiger partial charge >= 0.3 is 5.97 Å². The molecule has 0 saturated heterocycles. The van der Waals surface area contributed by atoms with Crippen molar-refractivity contribution in [3.63, 3.8) is 0 Å². The molecule has 0 aromatic carbocycles. The number of hydrogen-bond donors (Lipinski definition) is 6. The van der Waals surface area contributed by atoms with Gasteiger partial charge in [0.2, 0.25) is 17.7 Å². The van der Waals surface area contributed by atoms with E-state index in [4.69, 9.17) is 10.8 Å². The van der Waals surface area contributed by atoms with Gasteiger partial charge in [-0.25, -0.2) is 9.78 Å². The van der Waals surface area contributed by atoms with Crippen molar-refractivity contribution in [1.29, 1.82) is 0 Å². The van der Waals surface area contributed by atoms with Gasteiger partial charge in [0.05, 0.1) is 18.9 Å². The molecule has 0 radical (unpaired) electrons. The highest BCUT2D eigenvalue weighted by molar-refractivity contribution is 5.92. The van der Waals surface area contributed by atoms with Gasteiger partial charge in [0.25, 0.3) is 0 Å². The fraction of sp³-hybridized carbons (Fsp3) is 0.500. The predicted octanol–water partition coefficient (Wildman–Crippen LogP) is -2.51. The van der Waals surface area contributed by atoms with Gasteiger partial charge in [0.15, 0.2) is 0 Å². The minimum absolute atomic E-state index is 0.0237. The van der Waals surface area contributed by atoms with Crippen LogP contribution < -0.4 is 21.7 Å². The summed E-state index contributed by atoms with van der Waals surface area (Å²) in [6, 6.07) is -2.82. The van der Waals surface area contributed by atoms with Crippen molar-refractivity contribution < 1.29 is 24.3 Å². The van der Waals surface area contributed by atoms with E-state index in [0.29, 0.717) is 5.69 Å². The Bertz CT molecular complexity index is 615. The molecule has 1 heterocycles. The second-order valence-electron chi connectivity index (χ2n) is 5.48. The Kier molecular flexibility index (Phi) is 7.53. The number of carbonyl (C=O) groups is 4. The largest absolute Gasteiger partial charge is 0.480 e. The minimum Gasteiger partial charge on any atom is -0.480 e. The minimum atomic E-state index is -1.22. The first-order valence-electron chi connectivity index (χ1n) is 7.53. The second-order valence-corrected chi connectivity index (χ2v) is 5.48. The van der Waals surface area contributed by atoms with Gasteiger partial charge < -0.3 is 31.8 Å². The van der Waals surface area contributed by atoms with Gasteiger partial charge in [-0.15, -0.1) is 0 Å². The number of aliphatic carboxylic acids is 1. The van der Waals surface area contributed by atoms with Crippen molar-refractivity contribution in [2.75, 3.05) is 6.54 Å². The van der Waals surface area contributed by atoms with Crippen LogP contribution >= 0.6 is 0 Å². The highest BCUT2D eigenvalue weighted by atomic mass is 16.4. The van der Waals surface area contributed by atoms with Crippen LogP contribution in [0.15, 0.2) is 12.5 Å². The Morgan fingerprint density at radius 3 is 2.44 bits per heavy atom. The molecule has 0 aliphatic heterocycles. The summed E-state index contributed by atoms with van der Waals surface area (Å²) < 4.78 is 0. The maximum Gasteiger partial charge on any atom is 0.326 e. The summed E-state index contributed by atoms with van der Waals surface area (Å²) in [6.07, 6.45) is 2.87. The molecule has 0 bridgehead atoms. The number of nitrogens with two attached hydrogens (primary N) is 1. The monoisotopic (exact) mass is 354 g/mol. The van der Waals surface area contributed by atoms with E-state index in [-0.39, 0.29) is 6.42 Å². The van der Waals surface area contributed by atoms with E-state index in [1.165, 1.54) is 26.4 Å². The molecule has 11 nitrogen and oxygen atoms in total. The zero-order valence-corrected chi connectivity index (χ0v) is 13.9. The maximum atomic E-state index is 11.8. The number of imidazole rings is 1. The van der Waals surface area contributed by atoms with Crippen molar-refractivity contribution in [2.24, 2.45) is 5.73 Å². The van der Waals surface area contributed by atoms with Crippen molar-refractivity contribution in [1.82, 2.24) is 25.9 Å². The smallest absolute Gasteiger partial charge is 0.326 e. The van der Waals surface area contributed by atoms with Crippen molar-refractivity contribution in [2.45, 2.75) is 38.4 Å². The summed E-state index contributed by atoms with van der Waals surface area (Å²) in [5.74, 6) is -2.99. The zero-order chi connectivity index (χ0) is 19.0. The summed E-state index contributed by atoms with van der Waals surface area (Å²) in [4.78, 5) is 52.7. The number of carboxylic acid groups (broad SMARTS) is 1. The highest BCUT2D eigenvalue weighted by Gasteiger charge is 2.22. The number of hydrogen-bond acceptors (Lipinski definition) is 6. The summed E-state index contributed by atoms with van der Waals surface area (Å²) in [5, 5.41) is 16.1. The van der Waals surface area contributed by atoms with Crippen molar-refractivity contribution >= 4 is 23.7 Å². The van der Waals surface area contributed by atoms with E-state index in [0.717, 1.165) is 0 Å². The van der Waals surface area contributed by atoms with Crippen LogP contribution in [0.2, 0.25) is 0 Å². The number of aromatic nitrogens is 2. The number of amides is 3.